The van der Waals surface area contributed by atoms with E-state index in [2.05, 4.69) is 27.0 Å². The summed E-state index contributed by atoms with van der Waals surface area (Å²) in [4.78, 5) is 16.5. The lowest BCUT2D eigenvalue weighted by atomic mass is 9.90. The molecule has 2 aromatic rings. The molecule has 0 N–H and O–H groups in total. The highest BCUT2D eigenvalue weighted by molar-refractivity contribution is 7.09. The lowest BCUT2D eigenvalue weighted by molar-refractivity contribution is -0.0755. The van der Waals surface area contributed by atoms with Crippen molar-refractivity contribution in [1.82, 2.24) is 9.47 Å². The number of morpholine rings is 1. The van der Waals surface area contributed by atoms with Gasteiger partial charge in [-0.05, 0) is 36.4 Å². The summed E-state index contributed by atoms with van der Waals surface area (Å²) >= 11 is 1.73. The largest absolute Gasteiger partial charge is 0.374 e. The third-order valence-electron chi connectivity index (χ3n) is 4.95. The second kappa shape index (κ2) is 6.49. The fourth-order valence-electron chi connectivity index (χ4n) is 3.81. The van der Waals surface area contributed by atoms with Gasteiger partial charge in [0.05, 0.1) is 25.3 Å². The molecule has 1 aliphatic carbocycles. The van der Waals surface area contributed by atoms with Crippen LogP contribution < -0.4 is 0 Å². The number of carbonyl (C=O) groups is 1. The Bertz CT molecular complexity index is 662. The van der Waals surface area contributed by atoms with Crippen LogP contribution in [0.3, 0.4) is 0 Å². The van der Waals surface area contributed by atoms with Gasteiger partial charge in [0, 0.05) is 17.6 Å². The maximum atomic E-state index is 13.1. The van der Waals surface area contributed by atoms with Crippen molar-refractivity contribution in [2.45, 2.75) is 44.4 Å². The van der Waals surface area contributed by atoms with E-state index in [9.17, 15) is 4.79 Å². The summed E-state index contributed by atoms with van der Waals surface area (Å²) in [7, 11) is 0. The van der Waals surface area contributed by atoms with Gasteiger partial charge in [0.1, 0.15) is 5.69 Å². The number of ether oxygens (including phenoxy) is 1. The van der Waals surface area contributed by atoms with Gasteiger partial charge in [-0.1, -0.05) is 18.9 Å². The first-order valence-corrected chi connectivity index (χ1v) is 9.31. The summed E-state index contributed by atoms with van der Waals surface area (Å²) in [5.74, 6) is 0.159. The number of aromatic nitrogens is 1. The van der Waals surface area contributed by atoms with Crippen LogP contribution in [0, 0.1) is 0 Å². The predicted octanol–water partition coefficient (Wildman–Crippen LogP) is 3.38. The Kier molecular flexibility index (Phi) is 4.23. The fourth-order valence-corrected chi connectivity index (χ4v) is 4.52. The summed E-state index contributed by atoms with van der Waals surface area (Å²) in [6.07, 6.45) is 6.82. The molecule has 2 fully saturated rings. The molecular weight excluding hydrogens is 308 g/mol. The highest BCUT2D eigenvalue weighted by Crippen LogP contribution is 2.29. The van der Waals surface area contributed by atoms with E-state index in [1.807, 2.05) is 18.3 Å². The normalized spacial score (nSPS) is 24.4. The fraction of sp³-hybridized carbons (Fsp3) is 0.500. The lowest BCUT2D eigenvalue weighted by Gasteiger charge is -2.43. The smallest absolute Gasteiger partial charge is 0.270 e. The van der Waals surface area contributed by atoms with E-state index >= 15 is 0 Å². The van der Waals surface area contributed by atoms with Crippen LogP contribution in [0.5, 0.6) is 0 Å². The topological polar surface area (TPSA) is 34.5 Å². The van der Waals surface area contributed by atoms with Gasteiger partial charge >= 0.3 is 0 Å². The SMILES string of the molecule is O=C(c1cccn1Cc1cccs1)N1CCO[C@@H]2CCCC[C@@H]21. The van der Waals surface area contributed by atoms with E-state index in [1.165, 1.54) is 17.7 Å². The van der Waals surface area contributed by atoms with Gasteiger partial charge in [0.15, 0.2) is 0 Å². The molecule has 1 aliphatic heterocycles. The van der Waals surface area contributed by atoms with Crippen LogP contribution in [0.1, 0.15) is 41.0 Å². The second-order valence-corrected chi connectivity index (χ2v) is 7.39. The molecule has 0 spiro atoms. The quantitative estimate of drug-likeness (QED) is 0.865. The molecule has 0 radical (unpaired) electrons. The molecule has 1 saturated heterocycles. The molecular formula is C18H22N2O2S. The Labute approximate surface area is 140 Å². The Hall–Kier alpha value is -1.59. The summed E-state index contributed by atoms with van der Waals surface area (Å²) in [6.45, 7) is 2.15. The van der Waals surface area contributed by atoms with E-state index in [1.54, 1.807) is 11.3 Å². The zero-order valence-electron chi connectivity index (χ0n) is 13.2. The first-order chi connectivity index (χ1) is 11.3. The molecule has 4 rings (SSSR count). The monoisotopic (exact) mass is 330 g/mol. The summed E-state index contributed by atoms with van der Waals surface area (Å²) in [6, 6.07) is 8.35. The molecule has 2 aromatic heterocycles. The van der Waals surface area contributed by atoms with Crippen LogP contribution in [0.4, 0.5) is 0 Å². The van der Waals surface area contributed by atoms with Gasteiger partial charge in [-0.2, -0.15) is 0 Å². The van der Waals surface area contributed by atoms with Crippen LogP contribution in [-0.4, -0.2) is 40.7 Å². The van der Waals surface area contributed by atoms with Crippen LogP contribution >= 0.6 is 11.3 Å². The molecule has 3 heterocycles. The number of carbonyl (C=O) groups excluding carboxylic acids is 1. The van der Waals surface area contributed by atoms with Gasteiger partial charge < -0.3 is 14.2 Å². The van der Waals surface area contributed by atoms with E-state index < -0.39 is 0 Å². The van der Waals surface area contributed by atoms with Gasteiger partial charge in [0.2, 0.25) is 0 Å². The molecule has 122 valence electrons. The third kappa shape index (κ3) is 2.95. The van der Waals surface area contributed by atoms with Crippen molar-refractivity contribution in [2.24, 2.45) is 0 Å². The van der Waals surface area contributed by atoms with Crippen molar-refractivity contribution in [3.63, 3.8) is 0 Å². The minimum Gasteiger partial charge on any atom is -0.374 e. The minimum atomic E-state index is 0.159. The van der Waals surface area contributed by atoms with Crippen LogP contribution in [0.2, 0.25) is 0 Å². The maximum absolute atomic E-state index is 13.1. The predicted molar refractivity (Wildman–Crippen MR) is 90.9 cm³/mol. The van der Waals surface area contributed by atoms with E-state index in [0.29, 0.717) is 13.2 Å². The molecule has 4 nitrogen and oxygen atoms in total. The number of fused-ring (bicyclic) bond motifs is 1. The number of amides is 1. The Morgan fingerprint density at radius 2 is 2.17 bits per heavy atom. The molecule has 1 amide bonds. The average molecular weight is 330 g/mol. The highest BCUT2D eigenvalue weighted by Gasteiger charge is 2.37. The number of nitrogens with zero attached hydrogens (tertiary/aromatic N) is 2. The first kappa shape index (κ1) is 15.0. The Morgan fingerprint density at radius 3 is 3.04 bits per heavy atom. The van der Waals surface area contributed by atoms with Gasteiger partial charge in [-0.3, -0.25) is 4.79 Å². The number of rotatable bonds is 3. The van der Waals surface area contributed by atoms with Crippen molar-refractivity contribution in [3.8, 4) is 0 Å². The highest BCUT2D eigenvalue weighted by atomic mass is 32.1. The molecule has 2 atom stereocenters. The molecule has 0 unspecified atom stereocenters. The van der Waals surface area contributed by atoms with E-state index in [-0.39, 0.29) is 18.1 Å². The van der Waals surface area contributed by atoms with E-state index in [0.717, 1.165) is 25.1 Å². The van der Waals surface area contributed by atoms with Crippen molar-refractivity contribution >= 4 is 17.2 Å². The minimum absolute atomic E-state index is 0.159. The van der Waals surface area contributed by atoms with Crippen molar-refractivity contribution in [3.05, 3.63) is 46.4 Å². The summed E-state index contributed by atoms with van der Waals surface area (Å²) in [5.41, 5.74) is 0.796. The Morgan fingerprint density at radius 1 is 1.26 bits per heavy atom. The number of thiophene rings is 1. The lowest BCUT2D eigenvalue weighted by Crippen LogP contribution is -2.55. The van der Waals surface area contributed by atoms with E-state index in [4.69, 9.17) is 4.74 Å². The van der Waals surface area contributed by atoms with Gasteiger partial charge in [-0.25, -0.2) is 0 Å². The second-order valence-electron chi connectivity index (χ2n) is 6.36. The van der Waals surface area contributed by atoms with Gasteiger partial charge in [-0.15, -0.1) is 11.3 Å². The van der Waals surface area contributed by atoms with Crippen molar-refractivity contribution in [2.75, 3.05) is 13.2 Å². The van der Waals surface area contributed by atoms with Crippen LogP contribution in [0.15, 0.2) is 35.8 Å². The van der Waals surface area contributed by atoms with Crippen LogP contribution in [0.25, 0.3) is 0 Å². The third-order valence-corrected chi connectivity index (χ3v) is 5.81. The zero-order chi connectivity index (χ0) is 15.6. The molecule has 5 heteroatoms. The number of hydrogen-bond acceptors (Lipinski definition) is 3. The molecule has 0 bridgehead atoms. The zero-order valence-corrected chi connectivity index (χ0v) is 14.0. The molecule has 1 saturated carbocycles. The summed E-state index contributed by atoms with van der Waals surface area (Å²) < 4.78 is 7.97. The molecule has 2 aliphatic rings. The maximum Gasteiger partial charge on any atom is 0.270 e. The summed E-state index contributed by atoms with van der Waals surface area (Å²) in [5, 5.41) is 2.08. The average Bonchev–Trinajstić information content (AvgIpc) is 3.26. The Balaban J connectivity index is 1.55. The van der Waals surface area contributed by atoms with Crippen molar-refractivity contribution < 1.29 is 9.53 Å². The number of hydrogen-bond donors (Lipinski definition) is 0. The van der Waals surface area contributed by atoms with Gasteiger partial charge in [0.25, 0.3) is 5.91 Å². The molecule has 23 heavy (non-hydrogen) atoms. The standard InChI is InChI=1S/C18H22N2O2S/c21-18(20-10-11-22-17-8-2-1-6-15(17)20)16-7-3-9-19(16)13-14-5-4-12-23-14/h3-5,7,9,12,15,17H,1-2,6,8,10-11,13H2/t15-,17+/m0/s1. The van der Waals surface area contributed by atoms with Crippen LogP contribution in [-0.2, 0) is 11.3 Å². The van der Waals surface area contributed by atoms with Crippen molar-refractivity contribution in [1.29, 1.82) is 0 Å². The molecule has 0 aromatic carbocycles. The first-order valence-electron chi connectivity index (χ1n) is 8.43.